The number of ether oxygens (including phenoxy) is 1. The van der Waals surface area contributed by atoms with E-state index in [0.29, 0.717) is 25.4 Å². The van der Waals surface area contributed by atoms with Crippen molar-refractivity contribution in [3.8, 4) is 0 Å². The Bertz CT molecular complexity index is 646. The number of morpholine rings is 1. The number of carbonyl (C=O) groups excluding carboxylic acids is 1. The topological polar surface area (TPSA) is 48.0 Å². The summed E-state index contributed by atoms with van der Waals surface area (Å²) in [5, 5.41) is 0. The number of thioether (sulfide) groups is 1. The summed E-state index contributed by atoms with van der Waals surface area (Å²) in [5.74, 6) is 0.182. The van der Waals surface area contributed by atoms with Crippen LogP contribution in [0.4, 0.5) is 0 Å². The van der Waals surface area contributed by atoms with E-state index in [1.54, 1.807) is 11.8 Å². The monoisotopic (exact) mass is 407 g/mol. The maximum atomic E-state index is 12.7. The molecule has 28 heavy (non-hydrogen) atoms. The number of rotatable bonds is 4. The van der Waals surface area contributed by atoms with Gasteiger partial charge in [0, 0.05) is 29.0 Å². The SMILES string of the molecule is CC1(C)C2CCC1OO2.CSc1ccc(C(=O)C(C)(C)N2CCOCC2)cc1. The average molecular weight is 408 g/mol. The number of benzene rings is 1. The van der Waals surface area contributed by atoms with E-state index >= 15 is 0 Å². The number of carbonyl (C=O) groups is 1. The summed E-state index contributed by atoms with van der Waals surface area (Å²) >= 11 is 1.69. The normalized spacial score (nSPS) is 26.6. The molecule has 2 unspecified atom stereocenters. The molecular weight excluding hydrogens is 374 g/mol. The van der Waals surface area contributed by atoms with Crippen molar-refractivity contribution in [1.29, 1.82) is 0 Å². The summed E-state index contributed by atoms with van der Waals surface area (Å²) in [7, 11) is 0. The fourth-order valence-corrected chi connectivity index (χ4v) is 4.50. The number of fused-ring (bicyclic) bond motifs is 2. The van der Waals surface area contributed by atoms with Gasteiger partial charge in [-0.25, -0.2) is 9.78 Å². The molecule has 1 saturated carbocycles. The van der Waals surface area contributed by atoms with Gasteiger partial charge in [0.15, 0.2) is 5.78 Å². The number of nitrogens with zero attached hydrogens (tertiary/aromatic N) is 1. The van der Waals surface area contributed by atoms with Crippen LogP contribution in [0.25, 0.3) is 0 Å². The van der Waals surface area contributed by atoms with Crippen LogP contribution in [-0.2, 0) is 14.5 Å². The van der Waals surface area contributed by atoms with Crippen molar-refractivity contribution in [2.75, 3.05) is 32.6 Å². The van der Waals surface area contributed by atoms with E-state index in [1.165, 1.54) is 17.7 Å². The van der Waals surface area contributed by atoms with Crippen molar-refractivity contribution >= 4 is 17.5 Å². The second-order valence-corrected chi connectivity index (χ2v) is 9.66. The molecular formula is C22H33NO4S. The third-order valence-electron chi connectivity index (χ3n) is 6.35. The van der Waals surface area contributed by atoms with E-state index in [-0.39, 0.29) is 11.2 Å². The molecule has 3 fully saturated rings. The Morgan fingerprint density at radius 2 is 1.61 bits per heavy atom. The van der Waals surface area contributed by atoms with Crippen molar-refractivity contribution in [3.63, 3.8) is 0 Å². The van der Waals surface area contributed by atoms with Gasteiger partial charge in [-0.15, -0.1) is 11.8 Å². The highest BCUT2D eigenvalue weighted by Crippen LogP contribution is 2.47. The first-order valence-corrected chi connectivity index (χ1v) is 11.3. The first-order valence-electron chi connectivity index (χ1n) is 10.1. The third kappa shape index (κ3) is 4.46. The Labute approximate surface area is 173 Å². The molecule has 5 nitrogen and oxygen atoms in total. The van der Waals surface area contributed by atoms with Crippen molar-refractivity contribution in [1.82, 2.24) is 4.90 Å². The van der Waals surface area contributed by atoms with Crippen LogP contribution in [0, 0.1) is 5.41 Å². The van der Waals surface area contributed by atoms with Crippen molar-refractivity contribution in [2.24, 2.45) is 5.41 Å². The Balaban J connectivity index is 0.000000206. The van der Waals surface area contributed by atoms with Crippen LogP contribution in [0.2, 0.25) is 0 Å². The molecule has 1 aromatic rings. The predicted octanol–water partition coefficient (Wildman–Crippen LogP) is 4.21. The molecule has 1 aliphatic carbocycles. The summed E-state index contributed by atoms with van der Waals surface area (Å²) in [6.07, 6.45) is 5.12. The lowest BCUT2D eigenvalue weighted by Crippen LogP contribution is -2.54. The lowest BCUT2D eigenvalue weighted by atomic mass is 9.88. The first-order chi connectivity index (χ1) is 13.3. The quantitative estimate of drug-likeness (QED) is 0.423. The molecule has 4 rings (SSSR count). The predicted molar refractivity (Wildman–Crippen MR) is 112 cm³/mol. The standard InChI is InChI=1S/C15H21NO2S.C7H12O2/c1-15(2,16-8-10-18-11-9-16)14(17)12-4-6-13(19-3)7-5-12;1-7(2)5-3-4-6(7)9-8-5/h4-7H,8-11H2,1-3H3;5-6H,3-4H2,1-2H3. The zero-order valence-corrected chi connectivity index (χ0v) is 18.5. The highest BCUT2D eigenvalue weighted by Gasteiger charge is 2.51. The number of ketones is 1. The summed E-state index contributed by atoms with van der Waals surface area (Å²) in [6.45, 7) is 11.5. The van der Waals surface area contributed by atoms with Gasteiger partial charge in [-0.1, -0.05) is 26.0 Å². The van der Waals surface area contributed by atoms with E-state index in [4.69, 9.17) is 14.5 Å². The lowest BCUT2D eigenvalue weighted by Gasteiger charge is -2.39. The summed E-state index contributed by atoms with van der Waals surface area (Å²) < 4.78 is 5.35. The summed E-state index contributed by atoms with van der Waals surface area (Å²) in [6, 6.07) is 7.87. The van der Waals surface area contributed by atoms with Gasteiger partial charge in [-0.3, -0.25) is 9.69 Å². The fourth-order valence-electron chi connectivity index (χ4n) is 4.09. The van der Waals surface area contributed by atoms with Gasteiger partial charge >= 0.3 is 0 Å². The Hall–Kier alpha value is -0.920. The third-order valence-corrected chi connectivity index (χ3v) is 7.09. The number of hydrogen-bond acceptors (Lipinski definition) is 6. The summed E-state index contributed by atoms with van der Waals surface area (Å²) in [4.78, 5) is 26.2. The van der Waals surface area contributed by atoms with Crippen LogP contribution >= 0.6 is 11.8 Å². The molecule has 0 spiro atoms. The van der Waals surface area contributed by atoms with Gasteiger partial charge in [0.2, 0.25) is 0 Å². The molecule has 3 aliphatic rings. The molecule has 2 saturated heterocycles. The second kappa shape index (κ2) is 8.84. The van der Waals surface area contributed by atoms with Crippen LogP contribution in [0.1, 0.15) is 50.9 Å². The Kier molecular flexibility index (Phi) is 6.88. The minimum Gasteiger partial charge on any atom is -0.379 e. The molecule has 2 bridgehead atoms. The average Bonchev–Trinajstić information content (AvgIpc) is 3.17. The molecule has 0 amide bonds. The molecule has 156 valence electrons. The van der Waals surface area contributed by atoms with Crippen molar-refractivity contribution in [3.05, 3.63) is 29.8 Å². The molecule has 2 aliphatic heterocycles. The van der Waals surface area contributed by atoms with E-state index in [9.17, 15) is 4.79 Å². The Morgan fingerprint density at radius 3 is 2.00 bits per heavy atom. The Morgan fingerprint density at radius 1 is 1.07 bits per heavy atom. The smallest absolute Gasteiger partial charge is 0.182 e. The van der Waals surface area contributed by atoms with Crippen LogP contribution in [0.3, 0.4) is 0 Å². The van der Waals surface area contributed by atoms with Gasteiger partial charge in [-0.05, 0) is 45.1 Å². The molecule has 0 aromatic heterocycles. The summed E-state index contributed by atoms with van der Waals surface area (Å²) in [5.41, 5.74) is 0.597. The zero-order valence-electron chi connectivity index (χ0n) is 17.7. The number of Topliss-reactive ketones (excluding diaryl/α,β-unsaturated/α-hetero) is 1. The van der Waals surface area contributed by atoms with Crippen molar-refractivity contribution in [2.45, 2.75) is 63.2 Å². The zero-order chi connectivity index (χ0) is 20.4. The molecule has 0 radical (unpaired) electrons. The number of hydrogen-bond donors (Lipinski definition) is 0. The highest BCUT2D eigenvalue weighted by molar-refractivity contribution is 7.98. The van der Waals surface area contributed by atoms with Crippen LogP contribution in [0.15, 0.2) is 29.2 Å². The first kappa shape index (κ1) is 21.8. The van der Waals surface area contributed by atoms with Gasteiger partial charge < -0.3 is 4.74 Å². The maximum Gasteiger partial charge on any atom is 0.182 e. The molecule has 6 heteroatoms. The highest BCUT2D eigenvalue weighted by atomic mass is 32.2. The molecule has 0 N–H and O–H groups in total. The van der Waals surface area contributed by atoms with Crippen LogP contribution in [0.5, 0.6) is 0 Å². The van der Waals surface area contributed by atoms with Gasteiger partial charge in [-0.2, -0.15) is 0 Å². The minimum atomic E-state index is -0.468. The largest absolute Gasteiger partial charge is 0.379 e. The van der Waals surface area contributed by atoms with Crippen LogP contribution in [-0.4, -0.2) is 61.0 Å². The maximum absolute atomic E-state index is 12.7. The van der Waals surface area contributed by atoms with Gasteiger partial charge in [0.25, 0.3) is 0 Å². The van der Waals surface area contributed by atoms with Gasteiger partial charge in [0.1, 0.15) is 12.2 Å². The molecule has 2 atom stereocenters. The van der Waals surface area contributed by atoms with E-state index in [2.05, 4.69) is 18.7 Å². The van der Waals surface area contributed by atoms with E-state index < -0.39 is 5.54 Å². The minimum absolute atomic E-state index is 0.182. The molecule has 2 heterocycles. The van der Waals surface area contributed by atoms with Gasteiger partial charge in [0.05, 0.1) is 18.8 Å². The fraction of sp³-hybridized carbons (Fsp3) is 0.682. The van der Waals surface area contributed by atoms with Crippen LogP contribution < -0.4 is 0 Å². The molecule has 1 aromatic carbocycles. The van der Waals surface area contributed by atoms with E-state index in [0.717, 1.165) is 18.7 Å². The van der Waals surface area contributed by atoms with Crippen molar-refractivity contribution < 1.29 is 19.3 Å². The lowest BCUT2D eigenvalue weighted by molar-refractivity contribution is -0.315. The van der Waals surface area contributed by atoms with E-state index in [1.807, 2.05) is 44.4 Å². The second-order valence-electron chi connectivity index (χ2n) is 8.78.